The summed E-state index contributed by atoms with van der Waals surface area (Å²) in [6.07, 6.45) is 2.72. The van der Waals surface area contributed by atoms with E-state index < -0.39 is 12.0 Å². The maximum atomic E-state index is 12.6. The van der Waals surface area contributed by atoms with Crippen molar-refractivity contribution in [2.75, 3.05) is 11.4 Å². The van der Waals surface area contributed by atoms with Crippen LogP contribution < -0.4 is 10.2 Å². The van der Waals surface area contributed by atoms with Gasteiger partial charge in [0.1, 0.15) is 6.04 Å². The topological polar surface area (TPSA) is 86.7 Å². The van der Waals surface area contributed by atoms with Crippen LogP contribution in [0.2, 0.25) is 5.02 Å². The summed E-state index contributed by atoms with van der Waals surface area (Å²) in [6, 6.07) is 6.53. The fraction of sp³-hybridized carbons (Fsp3) is 0.500. The van der Waals surface area contributed by atoms with Crippen molar-refractivity contribution in [2.45, 2.75) is 38.1 Å². The van der Waals surface area contributed by atoms with Gasteiger partial charge in [-0.05, 0) is 56.4 Å². The third-order valence-corrected chi connectivity index (χ3v) is 5.36. The molecule has 0 radical (unpaired) electrons. The number of carbonyl (C=O) groups is 3. The average Bonchev–Trinajstić information content (AvgIpc) is 2.96. The van der Waals surface area contributed by atoms with Gasteiger partial charge < -0.3 is 15.3 Å². The monoisotopic (exact) mass is 364 g/mol. The van der Waals surface area contributed by atoms with Crippen LogP contribution in [0, 0.1) is 11.8 Å². The molecule has 25 heavy (non-hydrogen) atoms. The number of carboxylic acids is 1. The predicted octanol–water partition coefficient (Wildman–Crippen LogP) is 2.45. The number of nitrogens with zero attached hydrogens (tertiary/aromatic N) is 1. The van der Waals surface area contributed by atoms with E-state index in [4.69, 9.17) is 16.7 Å². The molecule has 1 saturated heterocycles. The quantitative estimate of drug-likeness (QED) is 0.859. The fourth-order valence-electron chi connectivity index (χ4n) is 3.58. The Morgan fingerprint density at radius 2 is 1.64 bits per heavy atom. The molecule has 0 aromatic heterocycles. The number of anilines is 1. The lowest BCUT2D eigenvalue weighted by Crippen LogP contribution is -2.44. The summed E-state index contributed by atoms with van der Waals surface area (Å²) in [5.74, 6) is -1.59. The highest BCUT2D eigenvalue weighted by molar-refractivity contribution is 6.30. The van der Waals surface area contributed by atoms with Gasteiger partial charge in [-0.25, -0.2) is 0 Å². The molecule has 2 amide bonds. The van der Waals surface area contributed by atoms with Crippen molar-refractivity contribution in [3.05, 3.63) is 29.3 Å². The first-order chi connectivity index (χ1) is 12.0. The summed E-state index contributed by atoms with van der Waals surface area (Å²) in [4.78, 5) is 37.6. The first kappa shape index (κ1) is 17.7. The molecule has 7 heteroatoms. The van der Waals surface area contributed by atoms with Crippen molar-refractivity contribution in [3.8, 4) is 0 Å². The predicted molar refractivity (Wildman–Crippen MR) is 93.4 cm³/mol. The molecule has 134 valence electrons. The van der Waals surface area contributed by atoms with E-state index in [1.54, 1.807) is 29.2 Å². The largest absolute Gasteiger partial charge is 0.481 e. The second kappa shape index (κ2) is 7.44. The number of benzene rings is 1. The molecular formula is C18H21ClN2O4. The molecule has 1 aliphatic heterocycles. The molecule has 1 heterocycles. The van der Waals surface area contributed by atoms with Gasteiger partial charge in [-0.15, -0.1) is 0 Å². The lowest BCUT2D eigenvalue weighted by Gasteiger charge is -2.26. The lowest BCUT2D eigenvalue weighted by atomic mass is 9.81. The van der Waals surface area contributed by atoms with Crippen LogP contribution in [0.1, 0.15) is 32.1 Å². The molecule has 6 nitrogen and oxygen atoms in total. The van der Waals surface area contributed by atoms with Crippen molar-refractivity contribution in [3.63, 3.8) is 0 Å². The van der Waals surface area contributed by atoms with Crippen molar-refractivity contribution < 1.29 is 19.5 Å². The molecule has 0 bridgehead atoms. The standard InChI is InChI=1S/C18H21ClN2O4/c19-13-5-7-14(8-6-13)21-10-9-15(17(21)23)20-16(22)11-1-3-12(4-2-11)18(24)25/h5-8,11-12,15H,1-4,9-10H2,(H,20,22)(H,24,25). The molecule has 2 aliphatic rings. The van der Waals surface area contributed by atoms with Crippen LogP contribution in [-0.2, 0) is 14.4 Å². The first-order valence-corrected chi connectivity index (χ1v) is 8.93. The van der Waals surface area contributed by atoms with E-state index in [9.17, 15) is 14.4 Å². The molecular weight excluding hydrogens is 344 g/mol. The number of halogens is 1. The molecule has 1 aromatic rings. The third kappa shape index (κ3) is 3.95. The minimum atomic E-state index is -0.788. The summed E-state index contributed by atoms with van der Waals surface area (Å²) in [5, 5.41) is 12.5. The average molecular weight is 365 g/mol. The van der Waals surface area contributed by atoms with Crippen molar-refractivity contribution in [1.29, 1.82) is 0 Å². The summed E-state index contributed by atoms with van der Waals surface area (Å²) in [5.41, 5.74) is 0.771. The normalized spacial score (nSPS) is 26.5. The molecule has 1 atom stereocenters. The van der Waals surface area contributed by atoms with Crippen molar-refractivity contribution >= 4 is 35.1 Å². The first-order valence-electron chi connectivity index (χ1n) is 8.56. The van der Waals surface area contributed by atoms with Crippen LogP contribution in [-0.4, -0.2) is 35.5 Å². The maximum Gasteiger partial charge on any atom is 0.306 e. The molecule has 2 N–H and O–H groups in total. The van der Waals surface area contributed by atoms with Crippen molar-refractivity contribution in [1.82, 2.24) is 5.32 Å². The molecule has 1 aliphatic carbocycles. The highest BCUT2D eigenvalue weighted by Crippen LogP contribution is 2.30. The van der Waals surface area contributed by atoms with Crippen LogP contribution in [0.3, 0.4) is 0 Å². The van der Waals surface area contributed by atoms with Gasteiger partial charge in [0.05, 0.1) is 5.92 Å². The number of carboxylic acid groups (broad SMARTS) is 1. The summed E-state index contributed by atoms with van der Waals surface area (Å²) < 4.78 is 0. The van der Waals surface area contributed by atoms with Crippen LogP contribution >= 0.6 is 11.6 Å². The Labute approximate surface area is 151 Å². The van der Waals surface area contributed by atoms with Crippen LogP contribution in [0.4, 0.5) is 5.69 Å². The Morgan fingerprint density at radius 3 is 2.24 bits per heavy atom. The van der Waals surface area contributed by atoms with Gasteiger partial charge in [-0.2, -0.15) is 0 Å². The summed E-state index contributed by atoms with van der Waals surface area (Å²) >= 11 is 5.87. The highest BCUT2D eigenvalue weighted by atomic mass is 35.5. The minimum Gasteiger partial charge on any atom is -0.481 e. The number of hydrogen-bond acceptors (Lipinski definition) is 3. The van der Waals surface area contributed by atoms with Gasteiger partial charge in [0.25, 0.3) is 0 Å². The third-order valence-electron chi connectivity index (χ3n) is 5.11. The van der Waals surface area contributed by atoms with Gasteiger partial charge in [0.15, 0.2) is 0 Å². The van der Waals surface area contributed by atoms with Crippen LogP contribution in [0.25, 0.3) is 0 Å². The number of amides is 2. The van der Waals surface area contributed by atoms with Crippen LogP contribution in [0.5, 0.6) is 0 Å². The van der Waals surface area contributed by atoms with Gasteiger partial charge in [0.2, 0.25) is 11.8 Å². The van der Waals surface area contributed by atoms with Crippen LogP contribution in [0.15, 0.2) is 24.3 Å². The Bertz CT molecular complexity index is 668. The Morgan fingerprint density at radius 1 is 1.04 bits per heavy atom. The molecule has 3 rings (SSSR count). The van der Waals surface area contributed by atoms with E-state index in [1.807, 2.05) is 0 Å². The number of rotatable bonds is 4. The second-order valence-corrected chi connectivity index (χ2v) is 7.14. The van der Waals surface area contributed by atoms with E-state index in [0.29, 0.717) is 43.7 Å². The number of carbonyl (C=O) groups excluding carboxylic acids is 2. The second-order valence-electron chi connectivity index (χ2n) is 6.70. The smallest absolute Gasteiger partial charge is 0.306 e. The molecule has 1 saturated carbocycles. The van der Waals surface area contributed by atoms with E-state index >= 15 is 0 Å². The summed E-state index contributed by atoms with van der Waals surface area (Å²) in [6.45, 7) is 0.553. The Hall–Kier alpha value is -2.08. The molecule has 2 fully saturated rings. The zero-order valence-electron chi connectivity index (χ0n) is 13.8. The van der Waals surface area contributed by atoms with Gasteiger partial charge in [-0.1, -0.05) is 11.6 Å². The number of hydrogen-bond donors (Lipinski definition) is 2. The zero-order chi connectivity index (χ0) is 18.0. The van der Waals surface area contributed by atoms with Gasteiger partial charge in [-0.3, -0.25) is 14.4 Å². The lowest BCUT2D eigenvalue weighted by molar-refractivity contribution is -0.144. The zero-order valence-corrected chi connectivity index (χ0v) is 14.5. The molecule has 1 aromatic carbocycles. The highest BCUT2D eigenvalue weighted by Gasteiger charge is 2.36. The van der Waals surface area contributed by atoms with Gasteiger partial charge >= 0.3 is 5.97 Å². The SMILES string of the molecule is O=C(O)C1CCC(C(=O)NC2CCN(c3ccc(Cl)cc3)C2=O)CC1. The minimum absolute atomic E-state index is 0.116. The van der Waals surface area contributed by atoms with E-state index in [0.717, 1.165) is 5.69 Å². The molecule has 0 spiro atoms. The number of aliphatic carboxylic acids is 1. The maximum absolute atomic E-state index is 12.6. The van der Waals surface area contributed by atoms with E-state index in [-0.39, 0.29) is 23.7 Å². The Kier molecular flexibility index (Phi) is 5.27. The molecule has 1 unspecified atom stereocenters. The number of nitrogens with one attached hydrogen (secondary N) is 1. The van der Waals surface area contributed by atoms with E-state index in [2.05, 4.69) is 5.32 Å². The fourth-order valence-corrected chi connectivity index (χ4v) is 3.71. The van der Waals surface area contributed by atoms with Crippen molar-refractivity contribution in [2.24, 2.45) is 11.8 Å². The Balaban J connectivity index is 1.55. The van der Waals surface area contributed by atoms with Gasteiger partial charge in [0, 0.05) is 23.2 Å². The van der Waals surface area contributed by atoms with E-state index in [1.165, 1.54) is 0 Å². The summed E-state index contributed by atoms with van der Waals surface area (Å²) in [7, 11) is 0.